The molecule has 1 aromatic heterocycles. The molecule has 1 saturated heterocycles. The molecule has 26 heavy (non-hydrogen) atoms. The standard InChI is InChI=1S/C17H22N2O7/c20-13-7-26-17(25,15(22)14(13)21)8-19-12(16(23)24)5-9-6-18-11-4-2-1-3-10(9)11/h1-4,6,12-15,18-22,25H,5,7-8H2,(H,23,24)/t12-,13-,14-,15+,17?/m1/s1. The predicted molar refractivity (Wildman–Crippen MR) is 90.4 cm³/mol. The minimum absolute atomic E-state index is 0.136. The molecule has 0 saturated carbocycles. The molecular formula is C17H22N2O7. The number of aliphatic hydroxyl groups is 4. The Kier molecular flexibility index (Phi) is 5.28. The third-order valence-electron chi connectivity index (χ3n) is 4.68. The van der Waals surface area contributed by atoms with Crippen LogP contribution in [-0.4, -0.2) is 79.8 Å². The van der Waals surface area contributed by atoms with Crippen molar-refractivity contribution >= 4 is 16.9 Å². The van der Waals surface area contributed by atoms with Crippen molar-refractivity contribution in [3.8, 4) is 0 Å². The van der Waals surface area contributed by atoms with Crippen LogP contribution >= 0.6 is 0 Å². The van der Waals surface area contributed by atoms with Gasteiger partial charge in [-0.1, -0.05) is 18.2 Å². The van der Waals surface area contributed by atoms with E-state index in [0.29, 0.717) is 0 Å². The summed E-state index contributed by atoms with van der Waals surface area (Å²) in [5.41, 5.74) is 1.67. The number of aliphatic carboxylic acids is 1. The number of hydrogen-bond acceptors (Lipinski definition) is 7. The quantitative estimate of drug-likeness (QED) is 0.328. The molecule has 9 heteroatoms. The molecule has 0 spiro atoms. The number of aromatic amines is 1. The second-order valence-corrected chi connectivity index (χ2v) is 6.49. The van der Waals surface area contributed by atoms with E-state index in [2.05, 4.69) is 10.3 Å². The lowest BCUT2D eigenvalue weighted by Gasteiger charge is -2.42. The van der Waals surface area contributed by atoms with Crippen molar-refractivity contribution in [2.24, 2.45) is 0 Å². The fourth-order valence-corrected chi connectivity index (χ4v) is 3.08. The molecule has 5 atom stereocenters. The summed E-state index contributed by atoms with van der Waals surface area (Å²) in [5.74, 6) is -3.34. The van der Waals surface area contributed by atoms with E-state index in [1.54, 1.807) is 6.20 Å². The lowest BCUT2D eigenvalue weighted by molar-refractivity contribution is -0.318. The number of hydrogen-bond donors (Lipinski definition) is 7. The van der Waals surface area contributed by atoms with Gasteiger partial charge in [0.25, 0.3) is 0 Å². The number of H-pyrrole nitrogens is 1. The van der Waals surface area contributed by atoms with Crippen molar-refractivity contribution in [1.29, 1.82) is 0 Å². The zero-order chi connectivity index (χ0) is 18.9. The fraction of sp³-hybridized carbons (Fsp3) is 0.471. The average Bonchev–Trinajstić information content (AvgIpc) is 3.03. The largest absolute Gasteiger partial charge is 0.480 e. The molecule has 1 unspecified atom stereocenters. The summed E-state index contributed by atoms with van der Waals surface area (Å²) >= 11 is 0. The fourth-order valence-electron chi connectivity index (χ4n) is 3.08. The highest BCUT2D eigenvalue weighted by Crippen LogP contribution is 2.24. The molecule has 1 aliphatic heterocycles. The van der Waals surface area contributed by atoms with Gasteiger partial charge in [-0.25, -0.2) is 0 Å². The predicted octanol–water partition coefficient (Wildman–Crippen LogP) is -1.45. The van der Waals surface area contributed by atoms with Crippen LogP contribution in [0.1, 0.15) is 5.56 Å². The molecule has 1 fully saturated rings. The van der Waals surface area contributed by atoms with Crippen LogP contribution in [0.3, 0.4) is 0 Å². The summed E-state index contributed by atoms with van der Waals surface area (Å²) in [4.78, 5) is 14.7. The second-order valence-electron chi connectivity index (χ2n) is 6.49. The summed E-state index contributed by atoms with van der Waals surface area (Å²) in [5, 5.41) is 52.5. The highest BCUT2D eigenvalue weighted by Gasteiger charge is 2.48. The number of aliphatic hydroxyl groups excluding tert-OH is 3. The van der Waals surface area contributed by atoms with E-state index in [9.17, 15) is 30.3 Å². The van der Waals surface area contributed by atoms with Gasteiger partial charge in [0.15, 0.2) is 0 Å². The first-order valence-electron chi connectivity index (χ1n) is 8.23. The number of ether oxygens (including phenoxy) is 1. The van der Waals surface area contributed by atoms with Crippen LogP contribution in [0.15, 0.2) is 30.5 Å². The minimum Gasteiger partial charge on any atom is -0.480 e. The van der Waals surface area contributed by atoms with Gasteiger partial charge in [-0.3, -0.25) is 10.1 Å². The monoisotopic (exact) mass is 366 g/mol. The maximum Gasteiger partial charge on any atom is 0.321 e. The highest BCUT2D eigenvalue weighted by molar-refractivity contribution is 5.84. The zero-order valence-corrected chi connectivity index (χ0v) is 13.9. The van der Waals surface area contributed by atoms with Crippen molar-refractivity contribution in [3.63, 3.8) is 0 Å². The molecule has 1 aromatic carbocycles. The van der Waals surface area contributed by atoms with Gasteiger partial charge >= 0.3 is 5.97 Å². The van der Waals surface area contributed by atoms with Crippen molar-refractivity contribution in [2.75, 3.05) is 13.2 Å². The van der Waals surface area contributed by atoms with Crippen LogP contribution in [0, 0.1) is 0 Å². The molecule has 7 N–H and O–H groups in total. The van der Waals surface area contributed by atoms with E-state index >= 15 is 0 Å². The number of para-hydroxylation sites is 1. The lowest BCUT2D eigenvalue weighted by atomic mass is 9.96. The lowest BCUT2D eigenvalue weighted by Crippen LogP contribution is -2.65. The number of fused-ring (bicyclic) bond motifs is 1. The van der Waals surface area contributed by atoms with E-state index in [4.69, 9.17) is 4.74 Å². The summed E-state index contributed by atoms with van der Waals surface area (Å²) in [6.07, 6.45) is -2.83. The molecule has 3 rings (SSSR count). The maximum atomic E-state index is 11.6. The Morgan fingerprint density at radius 3 is 2.81 bits per heavy atom. The number of carbonyl (C=O) groups is 1. The van der Waals surface area contributed by atoms with Gasteiger partial charge in [0.05, 0.1) is 13.2 Å². The first-order chi connectivity index (χ1) is 12.3. The second kappa shape index (κ2) is 7.31. The minimum atomic E-state index is -2.20. The normalized spacial score (nSPS) is 30.4. The van der Waals surface area contributed by atoms with Crippen LogP contribution in [0.5, 0.6) is 0 Å². The van der Waals surface area contributed by atoms with Crippen LogP contribution in [0.2, 0.25) is 0 Å². The van der Waals surface area contributed by atoms with Crippen molar-refractivity contribution in [3.05, 3.63) is 36.0 Å². The Morgan fingerprint density at radius 1 is 1.35 bits per heavy atom. The number of carboxylic acids is 1. The summed E-state index contributed by atoms with van der Waals surface area (Å²) in [6.45, 7) is -0.812. The highest BCUT2D eigenvalue weighted by atomic mass is 16.6. The Labute approximate surface area is 148 Å². The van der Waals surface area contributed by atoms with Crippen molar-refractivity contribution in [1.82, 2.24) is 10.3 Å². The molecule has 9 nitrogen and oxygen atoms in total. The molecule has 0 radical (unpaired) electrons. The van der Waals surface area contributed by atoms with Gasteiger partial charge in [-0.05, 0) is 11.6 Å². The van der Waals surface area contributed by atoms with E-state index in [1.807, 2.05) is 24.3 Å². The molecule has 0 amide bonds. The zero-order valence-electron chi connectivity index (χ0n) is 13.9. The van der Waals surface area contributed by atoms with E-state index in [0.717, 1.165) is 16.5 Å². The van der Waals surface area contributed by atoms with Gasteiger partial charge in [0, 0.05) is 23.5 Å². The molecule has 1 aliphatic rings. The maximum absolute atomic E-state index is 11.6. The summed E-state index contributed by atoms with van der Waals surface area (Å²) in [7, 11) is 0. The SMILES string of the molecule is O=C(O)[C@@H](Cc1c[nH]c2ccccc12)NCC1(O)OC[C@@H](O)[C@@H](O)[C@@H]1O. The van der Waals surface area contributed by atoms with Gasteiger partial charge in [-0.15, -0.1) is 0 Å². The third-order valence-corrected chi connectivity index (χ3v) is 4.68. The number of nitrogens with one attached hydrogen (secondary N) is 2. The smallest absolute Gasteiger partial charge is 0.321 e. The Hall–Kier alpha value is -2.01. The summed E-state index contributed by atoms with van der Waals surface area (Å²) in [6, 6.07) is 6.41. The van der Waals surface area contributed by atoms with E-state index in [-0.39, 0.29) is 13.0 Å². The summed E-state index contributed by atoms with van der Waals surface area (Å²) < 4.78 is 5.03. The van der Waals surface area contributed by atoms with Crippen molar-refractivity contribution < 1.29 is 35.1 Å². The first kappa shape index (κ1) is 18.8. The first-order valence-corrected chi connectivity index (χ1v) is 8.23. The van der Waals surface area contributed by atoms with Gasteiger partial charge in [-0.2, -0.15) is 0 Å². The van der Waals surface area contributed by atoms with E-state index < -0.39 is 42.7 Å². The Bertz CT molecular complexity index is 779. The van der Waals surface area contributed by atoms with Gasteiger partial charge < -0.3 is 35.3 Å². The van der Waals surface area contributed by atoms with Crippen LogP contribution in [0.25, 0.3) is 10.9 Å². The number of rotatable bonds is 6. The molecular weight excluding hydrogens is 344 g/mol. The van der Waals surface area contributed by atoms with Crippen LogP contribution in [0.4, 0.5) is 0 Å². The molecule has 0 aliphatic carbocycles. The van der Waals surface area contributed by atoms with Crippen molar-refractivity contribution in [2.45, 2.75) is 36.6 Å². The number of carboxylic acid groups (broad SMARTS) is 1. The van der Waals surface area contributed by atoms with Crippen LogP contribution in [-0.2, 0) is 16.0 Å². The Balaban J connectivity index is 1.70. The van der Waals surface area contributed by atoms with Crippen LogP contribution < -0.4 is 5.32 Å². The molecule has 142 valence electrons. The van der Waals surface area contributed by atoms with Gasteiger partial charge in [0.2, 0.25) is 5.79 Å². The topological polar surface area (TPSA) is 155 Å². The number of aromatic nitrogens is 1. The average molecular weight is 366 g/mol. The molecule has 0 bridgehead atoms. The molecule has 2 heterocycles. The Morgan fingerprint density at radius 2 is 2.08 bits per heavy atom. The number of benzene rings is 1. The molecule has 2 aromatic rings. The van der Waals surface area contributed by atoms with Gasteiger partial charge in [0.1, 0.15) is 24.4 Å². The van der Waals surface area contributed by atoms with E-state index in [1.165, 1.54) is 0 Å². The third kappa shape index (κ3) is 3.58.